The van der Waals surface area contributed by atoms with E-state index in [2.05, 4.69) is 30.5 Å². The van der Waals surface area contributed by atoms with Crippen molar-refractivity contribution in [3.8, 4) is 5.75 Å². The molecule has 1 aliphatic heterocycles. The Kier molecular flexibility index (Phi) is 6.79. The molecular formula is C30H33N3O3. The van der Waals surface area contributed by atoms with Crippen LogP contribution in [0.3, 0.4) is 0 Å². The lowest BCUT2D eigenvalue weighted by atomic mass is 10.0. The van der Waals surface area contributed by atoms with Gasteiger partial charge in [-0.15, -0.1) is 0 Å². The molecule has 3 aromatic carbocycles. The molecule has 1 aromatic heterocycles. The predicted octanol–water partition coefficient (Wildman–Crippen LogP) is 5.43. The van der Waals surface area contributed by atoms with Crippen molar-refractivity contribution in [1.82, 2.24) is 9.55 Å². The van der Waals surface area contributed by atoms with Crippen LogP contribution in [0, 0.1) is 6.92 Å². The summed E-state index contributed by atoms with van der Waals surface area (Å²) < 4.78 is 7.95. The average molecular weight is 484 g/mol. The first-order chi connectivity index (χ1) is 17.4. The SMILES string of the molecule is Cc1ccccc1N1C[C@H](c2nc3ccccc3n2C[C@@H](O)COc2ccc(C(C)C)cc2)CC1=O. The highest BCUT2D eigenvalue weighted by Crippen LogP contribution is 2.34. The molecule has 0 radical (unpaired) electrons. The van der Waals surface area contributed by atoms with E-state index in [1.807, 2.05) is 72.5 Å². The number of imidazole rings is 1. The summed E-state index contributed by atoms with van der Waals surface area (Å²) >= 11 is 0. The first kappa shape index (κ1) is 24.1. The number of carbonyl (C=O) groups excluding carboxylic acids is 1. The van der Waals surface area contributed by atoms with Crippen LogP contribution in [0.2, 0.25) is 0 Å². The van der Waals surface area contributed by atoms with Crippen LogP contribution in [0.5, 0.6) is 5.75 Å². The van der Waals surface area contributed by atoms with E-state index in [0.717, 1.165) is 33.9 Å². The molecule has 0 saturated carbocycles. The van der Waals surface area contributed by atoms with Crippen LogP contribution in [0.25, 0.3) is 11.0 Å². The molecule has 1 saturated heterocycles. The number of fused-ring (bicyclic) bond motifs is 1. The lowest BCUT2D eigenvalue weighted by molar-refractivity contribution is -0.117. The van der Waals surface area contributed by atoms with E-state index in [-0.39, 0.29) is 18.4 Å². The van der Waals surface area contributed by atoms with Gasteiger partial charge < -0.3 is 19.3 Å². The van der Waals surface area contributed by atoms with Crippen LogP contribution in [-0.4, -0.2) is 39.8 Å². The molecule has 1 amide bonds. The molecule has 0 spiro atoms. The van der Waals surface area contributed by atoms with Crippen molar-refractivity contribution < 1.29 is 14.6 Å². The largest absolute Gasteiger partial charge is 0.491 e. The number of ether oxygens (including phenoxy) is 1. The van der Waals surface area contributed by atoms with Crippen LogP contribution in [0.15, 0.2) is 72.8 Å². The van der Waals surface area contributed by atoms with Gasteiger partial charge in [0.2, 0.25) is 5.91 Å². The van der Waals surface area contributed by atoms with E-state index in [1.165, 1.54) is 5.56 Å². The minimum atomic E-state index is -0.726. The molecule has 6 nitrogen and oxygen atoms in total. The number of aliphatic hydroxyl groups excluding tert-OH is 1. The van der Waals surface area contributed by atoms with Crippen molar-refractivity contribution in [2.24, 2.45) is 0 Å². The van der Waals surface area contributed by atoms with E-state index in [4.69, 9.17) is 9.72 Å². The van der Waals surface area contributed by atoms with Gasteiger partial charge in [-0.3, -0.25) is 4.79 Å². The number of amides is 1. The van der Waals surface area contributed by atoms with Crippen molar-refractivity contribution in [2.45, 2.75) is 51.7 Å². The van der Waals surface area contributed by atoms with Gasteiger partial charge in [-0.05, 0) is 54.3 Å². The zero-order valence-corrected chi connectivity index (χ0v) is 21.1. The van der Waals surface area contributed by atoms with E-state index in [9.17, 15) is 9.90 Å². The molecule has 2 atom stereocenters. The lowest BCUT2D eigenvalue weighted by Gasteiger charge is -2.20. The quantitative estimate of drug-likeness (QED) is 0.363. The zero-order valence-electron chi connectivity index (χ0n) is 21.1. The van der Waals surface area contributed by atoms with Crippen LogP contribution < -0.4 is 9.64 Å². The van der Waals surface area contributed by atoms with Gasteiger partial charge in [0.1, 0.15) is 24.3 Å². The third-order valence-electron chi connectivity index (χ3n) is 6.96. The summed E-state index contributed by atoms with van der Waals surface area (Å²) in [4.78, 5) is 19.8. The monoisotopic (exact) mass is 483 g/mol. The van der Waals surface area contributed by atoms with Crippen molar-refractivity contribution >= 4 is 22.6 Å². The second-order valence-electron chi connectivity index (χ2n) is 9.95. The molecule has 0 aliphatic carbocycles. The minimum absolute atomic E-state index is 0.0544. The Labute approximate surface area is 212 Å². The van der Waals surface area contributed by atoms with Crippen molar-refractivity contribution in [3.63, 3.8) is 0 Å². The number of anilines is 1. The average Bonchev–Trinajstić information content (AvgIpc) is 3.44. The van der Waals surface area contributed by atoms with Crippen LogP contribution in [-0.2, 0) is 11.3 Å². The molecule has 0 unspecified atom stereocenters. The third-order valence-corrected chi connectivity index (χ3v) is 6.96. The fraction of sp³-hybridized carbons (Fsp3) is 0.333. The van der Waals surface area contributed by atoms with E-state index >= 15 is 0 Å². The fourth-order valence-electron chi connectivity index (χ4n) is 4.98. The van der Waals surface area contributed by atoms with Gasteiger partial charge in [-0.1, -0.05) is 56.3 Å². The van der Waals surface area contributed by atoms with Gasteiger partial charge in [0.05, 0.1) is 17.6 Å². The number of hydrogen-bond donors (Lipinski definition) is 1. The first-order valence-corrected chi connectivity index (χ1v) is 12.6. The molecule has 1 fully saturated rings. The van der Waals surface area contributed by atoms with Gasteiger partial charge in [-0.2, -0.15) is 0 Å². The third kappa shape index (κ3) is 4.86. The highest BCUT2D eigenvalue weighted by atomic mass is 16.5. The Morgan fingerprint density at radius 1 is 1.03 bits per heavy atom. The van der Waals surface area contributed by atoms with Gasteiger partial charge in [0.25, 0.3) is 0 Å². The van der Waals surface area contributed by atoms with Gasteiger partial charge in [0.15, 0.2) is 0 Å². The summed E-state index contributed by atoms with van der Waals surface area (Å²) in [5, 5.41) is 10.9. The fourth-order valence-corrected chi connectivity index (χ4v) is 4.98. The second-order valence-corrected chi connectivity index (χ2v) is 9.95. The number of hydrogen-bond acceptors (Lipinski definition) is 4. The molecule has 0 bridgehead atoms. The zero-order chi connectivity index (χ0) is 25.2. The van der Waals surface area contributed by atoms with Crippen LogP contribution in [0.1, 0.15) is 49.1 Å². The topological polar surface area (TPSA) is 67.6 Å². The predicted molar refractivity (Wildman–Crippen MR) is 143 cm³/mol. The molecule has 186 valence electrons. The van der Waals surface area contributed by atoms with Crippen molar-refractivity contribution in [1.29, 1.82) is 0 Å². The maximum absolute atomic E-state index is 13.0. The van der Waals surface area contributed by atoms with Gasteiger partial charge in [0, 0.05) is 24.6 Å². The standard InChI is InChI=1S/C30H33N3O3/c1-20(2)22-12-14-25(15-13-22)36-19-24(34)18-33-28-11-7-5-9-26(28)31-30(33)23-16-29(35)32(17-23)27-10-6-4-8-21(27)3/h4-15,20,23-24,34H,16-19H2,1-3H3/t23-,24-/m1/s1. The smallest absolute Gasteiger partial charge is 0.227 e. The van der Waals surface area contributed by atoms with E-state index in [0.29, 0.717) is 25.4 Å². The summed E-state index contributed by atoms with van der Waals surface area (Å²) in [5.41, 5.74) is 5.10. The Morgan fingerprint density at radius 3 is 2.50 bits per heavy atom. The number of rotatable bonds is 8. The first-order valence-electron chi connectivity index (χ1n) is 12.6. The minimum Gasteiger partial charge on any atom is -0.491 e. The van der Waals surface area contributed by atoms with Crippen LogP contribution in [0.4, 0.5) is 5.69 Å². The van der Waals surface area contributed by atoms with Gasteiger partial charge in [-0.25, -0.2) is 4.98 Å². The number of nitrogens with zero attached hydrogens (tertiary/aromatic N) is 3. The molecular weight excluding hydrogens is 450 g/mol. The maximum atomic E-state index is 13.0. The summed E-state index contributed by atoms with van der Waals surface area (Å²) in [5.74, 6) is 2.08. The number of aryl methyl sites for hydroxylation is 1. The lowest BCUT2D eigenvalue weighted by Crippen LogP contribution is -2.27. The number of carbonyl (C=O) groups is 1. The Balaban J connectivity index is 1.35. The molecule has 5 rings (SSSR count). The van der Waals surface area contributed by atoms with Gasteiger partial charge >= 0.3 is 0 Å². The van der Waals surface area contributed by atoms with Crippen molar-refractivity contribution in [3.05, 3.63) is 89.7 Å². The van der Waals surface area contributed by atoms with E-state index in [1.54, 1.807) is 0 Å². The van der Waals surface area contributed by atoms with Crippen molar-refractivity contribution in [2.75, 3.05) is 18.1 Å². The summed E-state index contributed by atoms with van der Waals surface area (Å²) in [6.07, 6.45) is -0.331. The summed E-state index contributed by atoms with van der Waals surface area (Å²) in [7, 11) is 0. The Bertz CT molecular complexity index is 1360. The number of benzene rings is 3. The second kappa shape index (κ2) is 10.2. The maximum Gasteiger partial charge on any atom is 0.227 e. The number of aromatic nitrogens is 2. The number of para-hydroxylation sites is 3. The summed E-state index contributed by atoms with van der Waals surface area (Å²) in [6, 6.07) is 23.9. The Hall–Kier alpha value is -3.64. The molecule has 36 heavy (non-hydrogen) atoms. The Morgan fingerprint density at radius 2 is 1.75 bits per heavy atom. The summed E-state index contributed by atoms with van der Waals surface area (Å²) in [6.45, 7) is 7.43. The number of aliphatic hydroxyl groups is 1. The molecule has 6 heteroatoms. The normalized spacial score (nSPS) is 16.8. The molecule has 4 aromatic rings. The van der Waals surface area contributed by atoms with E-state index < -0.39 is 6.10 Å². The highest BCUT2D eigenvalue weighted by molar-refractivity contribution is 5.97. The highest BCUT2D eigenvalue weighted by Gasteiger charge is 2.35. The molecule has 1 N–H and O–H groups in total. The van der Waals surface area contributed by atoms with Crippen LogP contribution >= 0.6 is 0 Å². The molecule has 1 aliphatic rings. The molecule has 2 heterocycles.